The summed E-state index contributed by atoms with van der Waals surface area (Å²) in [5.41, 5.74) is 9.45. The quantitative estimate of drug-likeness (QED) is 0.124. The number of hydrogen-bond acceptors (Lipinski definition) is 3. The molecule has 243 valence electrons. The van der Waals surface area contributed by atoms with E-state index in [0.717, 1.165) is 62.4 Å². The summed E-state index contributed by atoms with van der Waals surface area (Å²) in [5, 5.41) is 3.64. The molecule has 3 heterocycles. The number of furan rings is 1. The normalized spacial score (nSPS) is 13.2. The number of pyridine rings is 2. The van der Waals surface area contributed by atoms with Crippen LogP contribution in [0, 0.1) is 18.1 Å². The molecule has 0 atom stereocenters. The zero-order valence-electron chi connectivity index (χ0n) is 27.8. The van der Waals surface area contributed by atoms with Crippen molar-refractivity contribution in [1.29, 1.82) is 0 Å². The second-order valence-electron chi connectivity index (χ2n) is 13.6. The Kier molecular flexibility index (Phi) is 10.5. The first-order valence-electron chi connectivity index (χ1n) is 16.7. The van der Waals surface area contributed by atoms with Crippen LogP contribution < -0.4 is 5.19 Å². The van der Waals surface area contributed by atoms with Gasteiger partial charge in [0.15, 0.2) is 0 Å². The van der Waals surface area contributed by atoms with Crippen LogP contribution in [0.4, 0.5) is 0 Å². The number of nitrogens with zero attached hydrogens (tertiary/aromatic N) is 2. The van der Waals surface area contributed by atoms with Gasteiger partial charge in [-0.2, -0.15) is 0 Å². The molecule has 8 rings (SSSR count). The Morgan fingerprint density at radius 1 is 0.729 bits per heavy atom. The fraction of sp³-hybridized carbons (Fsp3) is 0.209. The molecule has 0 N–H and O–H groups in total. The maximum Gasteiger partial charge on any atom is 0.121 e. The topological polar surface area (TPSA) is 38.9 Å². The monoisotopic (exact) mass is 821 g/mol. The Morgan fingerprint density at radius 3 is 2.27 bits per heavy atom. The second-order valence-corrected chi connectivity index (χ2v) is 18.7. The molecule has 0 bridgehead atoms. The van der Waals surface area contributed by atoms with Crippen LogP contribution in [0.1, 0.15) is 31.2 Å². The Hall–Kier alpha value is -4.15. The summed E-state index contributed by atoms with van der Waals surface area (Å²) in [5.74, 6) is 0.817. The van der Waals surface area contributed by atoms with Gasteiger partial charge in [0.2, 0.25) is 0 Å². The molecule has 1 fully saturated rings. The number of rotatable bonds is 6. The number of aromatic nitrogens is 2. The third-order valence-electron chi connectivity index (χ3n) is 9.23. The molecule has 1 aliphatic carbocycles. The van der Waals surface area contributed by atoms with Crippen molar-refractivity contribution in [3.63, 3.8) is 0 Å². The summed E-state index contributed by atoms with van der Waals surface area (Å²) < 4.78 is 6.40. The zero-order chi connectivity index (χ0) is 32.2. The van der Waals surface area contributed by atoms with Crippen LogP contribution in [-0.4, -0.2) is 18.0 Å². The van der Waals surface area contributed by atoms with Crippen LogP contribution >= 0.6 is 0 Å². The molecule has 48 heavy (non-hydrogen) atoms. The predicted octanol–water partition coefficient (Wildman–Crippen LogP) is 10.9. The van der Waals surface area contributed by atoms with E-state index in [1.54, 1.807) is 0 Å². The fourth-order valence-corrected chi connectivity index (χ4v) is 7.61. The largest absolute Gasteiger partial charge is 0.501 e. The molecule has 1 aliphatic rings. The predicted molar refractivity (Wildman–Crippen MR) is 198 cm³/mol. The van der Waals surface area contributed by atoms with Crippen molar-refractivity contribution in [2.75, 3.05) is 0 Å². The summed E-state index contributed by atoms with van der Waals surface area (Å²) in [6, 6.07) is 44.2. The minimum Gasteiger partial charge on any atom is -0.501 e. The standard InChI is InChI=1S/C29H24NO.C14H16NSi.Ir/c1-2-9-22(10-3-1)23-13-14-24-25-11-6-12-26(29(25)31-28(24)19-23)27-18-21(15-16-30-27)17-20-7-4-5-8-20;1-16(2,3)13-9-10-14(15-11-13)12-7-5-4-6-8-12;/h1-3,6,9-11,13-16,18-20H,4-5,7-8,17H2;4-7,9-11H,1-3H3;/q2*-1;. The molecule has 4 aromatic carbocycles. The average Bonchev–Trinajstić information content (AvgIpc) is 3.76. The summed E-state index contributed by atoms with van der Waals surface area (Å²) in [4.78, 5) is 9.20. The first kappa shape index (κ1) is 33.7. The second kappa shape index (κ2) is 14.9. The summed E-state index contributed by atoms with van der Waals surface area (Å²) in [6.07, 6.45) is 10.6. The van der Waals surface area contributed by atoms with E-state index in [1.807, 2.05) is 48.8 Å². The van der Waals surface area contributed by atoms with E-state index in [1.165, 1.54) is 42.0 Å². The van der Waals surface area contributed by atoms with E-state index >= 15 is 0 Å². The molecule has 1 saturated carbocycles. The van der Waals surface area contributed by atoms with Gasteiger partial charge in [-0.3, -0.25) is 0 Å². The van der Waals surface area contributed by atoms with Gasteiger partial charge in [0.1, 0.15) is 5.58 Å². The maximum absolute atomic E-state index is 6.40. The molecule has 3 aromatic heterocycles. The molecule has 0 spiro atoms. The summed E-state index contributed by atoms with van der Waals surface area (Å²) in [6.45, 7) is 7.00. The van der Waals surface area contributed by atoms with E-state index in [4.69, 9.17) is 4.42 Å². The van der Waals surface area contributed by atoms with E-state index in [9.17, 15) is 0 Å². The van der Waals surface area contributed by atoms with Gasteiger partial charge in [0, 0.05) is 37.9 Å². The third kappa shape index (κ3) is 7.60. The number of benzene rings is 4. The molecule has 7 aromatic rings. The van der Waals surface area contributed by atoms with Crippen molar-refractivity contribution < 1.29 is 24.5 Å². The zero-order valence-corrected chi connectivity index (χ0v) is 31.2. The van der Waals surface area contributed by atoms with E-state index in [2.05, 4.69) is 115 Å². The SMILES string of the molecule is C[Si](C)(C)c1ccc(-c2[c-]cccc2)nc1.[Ir].[c-]1ccc2c(oc3cc(-c4ccccc4)ccc32)c1-c1cc(CC2CCCC2)ccn1. The molecular weight excluding hydrogens is 781 g/mol. The van der Waals surface area contributed by atoms with E-state index in [-0.39, 0.29) is 20.1 Å². The Morgan fingerprint density at radius 2 is 1.54 bits per heavy atom. The van der Waals surface area contributed by atoms with Gasteiger partial charge < -0.3 is 14.4 Å². The molecule has 3 nitrogen and oxygen atoms in total. The molecular formula is C43H40IrN2OSi-2. The van der Waals surface area contributed by atoms with Crippen LogP contribution in [0.25, 0.3) is 55.6 Å². The minimum atomic E-state index is -1.23. The third-order valence-corrected chi connectivity index (χ3v) is 11.3. The smallest absolute Gasteiger partial charge is 0.121 e. The van der Waals surface area contributed by atoms with Gasteiger partial charge in [-0.1, -0.05) is 123 Å². The Labute approximate surface area is 298 Å². The minimum absolute atomic E-state index is 0. The average molecular weight is 821 g/mol. The summed E-state index contributed by atoms with van der Waals surface area (Å²) in [7, 11) is -1.23. The molecule has 1 radical (unpaired) electrons. The number of hydrogen-bond donors (Lipinski definition) is 0. The van der Waals surface area contributed by atoms with Crippen molar-refractivity contribution in [2.24, 2.45) is 5.92 Å². The van der Waals surface area contributed by atoms with Crippen LogP contribution in [0.15, 0.2) is 126 Å². The maximum atomic E-state index is 6.40. The van der Waals surface area contributed by atoms with Crippen LogP contribution in [0.3, 0.4) is 0 Å². The molecule has 0 unspecified atom stereocenters. The van der Waals surface area contributed by atoms with Crippen molar-refractivity contribution in [3.05, 3.63) is 139 Å². The summed E-state index contributed by atoms with van der Waals surface area (Å²) >= 11 is 0. The molecule has 0 amide bonds. The van der Waals surface area contributed by atoms with Crippen LogP contribution in [-0.2, 0) is 26.5 Å². The van der Waals surface area contributed by atoms with Crippen LogP contribution in [0.5, 0.6) is 0 Å². The van der Waals surface area contributed by atoms with E-state index < -0.39 is 8.07 Å². The first-order chi connectivity index (χ1) is 22.9. The van der Waals surface area contributed by atoms with Gasteiger partial charge >= 0.3 is 0 Å². The van der Waals surface area contributed by atoms with Crippen molar-refractivity contribution >= 4 is 35.2 Å². The van der Waals surface area contributed by atoms with Crippen LogP contribution in [0.2, 0.25) is 19.6 Å². The first-order valence-corrected chi connectivity index (χ1v) is 20.2. The van der Waals surface area contributed by atoms with Crippen molar-refractivity contribution in [1.82, 2.24) is 9.97 Å². The van der Waals surface area contributed by atoms with Crippen molar-refractivity contribution in [2.45, 2.75) is 51.7 Å². The van der Waals surface area contributed by atoms with Gasteiger partial charge in [-0.05, 0) is 52.2 Å². The Balaban J connectivity index is 0.000000201. The van der Waals surface area contributed by atoms with Gasteiger partial charge in [0.05, 0.1) is 13.7 Å². The van der Waals surface area contributed by atoms with Crippen molar-refractivity contribution in [3.8, 4) is 33.6 Å². The fourth-order valence-electron chi connectivity index (χ4n) is 6.58. The van der Waals surface area contributed by atoms with E-state index in [0.29, 0.717) is 0 Å². The molecule has 0 saturated heterocycles. The molecule has 0 aliphatic heterocycles. The van der Waals surface area contributed by atoms with Gasteiger partial charge in [-0.25, -0.2) is 0 Å². The van der Waals surface area contributed by atoms with Gasteiger partial charge in [0.25, 0.3) is 0 Å². The molecule has 5 heteroatoms. The Bertz CT molecular complexity index is 2100. The van der Waals surface area contributed by atoms with Gasteiger partial charge in [-0.15, -0.1) is 54.1 Å². The number of fused-ring (bicyclic) bond motifs is 3.